The van der Waals surface area contributed by atoms with Gasteiger partial charge in [-0.25, -0.2) is 0 Å². The molecule has 0 radical (unpaired) electrons. The number of piperidine rings is 1. The van der Waals surface area contributed by atoms with Gasteiger partial charge in [-0.1, -0.05) is 12.8 Å². The van der Waals surface area contributed by atoms with Crippen molar-refractivity contribution in [3.63, 3.8) is 0 Å². The number of aromatic nitrogens is 3. The van der Waals surface area contributed by atoms with E-state index >= 15 is 0 Å². The molecule has 1 spiro atoms. The Morgan fingerprint density at radius 2 is 1.67 bits per heavy atom. The molecule has 0 atom stereocenters. The molecule has 116 valence electrons. The van der Waals surface area contributed by atoms with E-state index in [0.29, 0.717) is 17.3 Å². The van der Waals surface area contributed by atoms with E-state index in [9.17, 15) is 0 Å². The van der Waals surface area contributed by atoms with E-state index in [0.717, 1.165) is 19.0 Å². The van der Waals surface area contributed by atoms with Gasteiger partial charge in [0.2, 0.25) is 17.8 Å². The first-order valence-electron chi connectivity index (χ1n) is 7.98. The maximum Gasteiger partial charge on any atom is 0.231 e. The van der Waals surface area contributed by atoms with E-state index in [2.05, 4.69) is 25.2 Å². The standard InChI is InChI=1S/C15H26N6/c1-16-12-17-13(20(2)3)19-14(18-12)21-10-8-15(9-11-21)6-4-5-7-15/h4-11H2,1-3H3,(H,16,17,18,19). The van der Waals surface area contributed by atoms with Crippen LogP contribution >= 0.6 is 0 Å². The molecule has 1 aromatic heterocycles. The summed E-state index contributed by atoms with van der Waals surface area (Å²) in [6, 6.07) is 0. The Hall–Kier alpha value is -1.59. The highest BCUT2D eigenvalue weighted by Crippen LogP contribution is 2.46. The van der Waals surface area contributed by atoms with Crippen LogP contribution in [0.1, 0.15) is 38.5 Å². The molecule has 1 aliphatic heterocycles. The van der Waals surface area contributed by atoms with Crippen LogP contribution in [-0.4, -0.2) is 49.2 Å². The first-order valence-corrected chi connectivity index (χ1v) is 7.98. The third kappa shape index (κ3) is 2.89. The van der Waals surface area contributed by atoms with Crippen LogP contribution in [0.5, 0.6) is 0 Å². The zero-order valence-electron chi connectivity index (χ0n) is 13.4. The van der Waals surface area contributed by atoms with Crippen LogP contribution in [0.25, 0.3) is 0 Å². The predicted molar refractivity (Wildman–Crippen MR) is 86.0 cm³/mol. The van der Waals surface area contributed by atoms with Crippen molar-refractivity contribution in [2.45, 2.75) is 38.5 Å². The van der Waals surface area contributed by atoms with Crippen molar-refractivity contribution in [1.29, 1.82) is 0 Å². The largest absolute Gasteiger partial charge is 0.357 e. The topological polar surface area (TPSA) is 57.2 Å². The van der Waals surface area contributed by atoms with Gasteiger partial charge >= 0.3 is 0 Å². The van der Waals surface area contributed by atoms with Crippen molar-refractivity contribution in [3.05, 3.63) is 0 Å². The number of rotatable bonds is 3. The van der Waals surface area contributed by atoms with Crippen molar-refractivity contribution in [3.8, 4) is 0 Å². The average Bonchev–Trinajstić information content (AvgIpc) is 2.95. The molecule has 6 heteroatoms. The molecule has 1 saturated carbocycles. The lowest BCUT2D eigenvalue weighted by atomic mass is 9.77. The average molecular weight is 290 g/mol. The Morgan fingerprint density at radius 1 is 1.00 bits per heavy atom. The maximum atomic E-state index is 4.61. The highest BCUT2D eigenvalue weighted by Gasteiger charge is 2.37. The second-order valence-electron chi connectivity index (χ2n) is 6.60. The smallest absolute Gasteiger partial charge is 0.231 e. The number of hydrogen-bond donors (Lipinski definition) is 1. The normalized spacial score (nSPS) is 20.8. The molecule has 1 N–H and O–H groups in total. The van der Waals surface area contributed by atoms with E-state index in [1.807, 2.05) is 26.0 Å². The summed E-state index contributed by atoms with van der Waals surface area (Å²) in [5, 5.41) is 3.03. The van der Waals surface area contributed by atoms with Crippen LogP contribution in [0.2, 0.25) is 0 Å². The molecular weight excluding hydrogens is 264 g/mol. The molecule has 1 saturated heterocycles. The monoisotopic (exact) mass is 290 g/mol. The molecule has 0 bridgehead atoms. The van der Waals surface area contributed by atoms with Crippen LogP contribution in [-0.2, 0) is 0 Å². The van der Waals surface area contributed by atoms with Gasteiger partial charge in [-0.2, -0.15) is 15.0 Å². The summed E-state index contributed by atoms with van der Waals surface area (Å²) in [6.45, 7) is 2.14. The van der Waals surface area contributed by atoms with Crippen molar-refractivity contribution in [2.24, 2.45) is 5.41 Å². The molecule has 21 heavy (non-hydrogen) atoms. The van der Waals surface area contributed by atoms with Crippen LogP contribution in [0.15, 0.2) is 0 Å². The molecule has 1 aromatic rings. The molecule has 2 aliphatic rings. The van der Waals surface area contributed by atoms with E-state index in [1.54, 1.807) is 0 Å². The minimum absolute atomic E-state index is 0.625. The fraction of sp³-hybridized carbons (Fsp3) is 0.800. The first kappa shape index (κ1) is 14.4. The highest BCUT2D eigenvalue weighted by atomic mass is 15.3. The van der Waals surface area contributed by atoms with Crippen molar-refractivity contribution < 1.29 is 0 Å². The summed E-state index contributed by atoms with van der Waals surface area (Å²) in [4.78, 5) is 17.8. The Morgan fingerprint density at radius 3 is 2.24 bits per heavy atom. The van der Waals surface area contributed by atoms with Gasteiger partial charge < -0.3 is 15.1 Å². The Labute approximate surface area is 127 Å². The van der Waals surface area contributed by atoms with Crippen LogP contribution in [0.4, 0.5) is 17.8 Å². The van der Waals surface area contributed by atoms with Crippen LogP contribution in [0.3, 0.4) is 0 Å². The summed E-state index contributed by atoms with van der Waals surface area (Å²) >= 11 is 0. The van der Waals surface area contributed by atoms with Gasteiger partial charge in [0.25, 0.3) is 0 Å². The van der Waals surface area contributed by atoms with Crippen LogP contribution in [0, 0.1) is 5.41 Å². The van der Waals surface area contributed by atoms with E-state index in [1.165, 1.54) is 38.5 Å². The van der Waals surface area contributed by atoms with Gasteiger partial charge in [-0.15, -0.1) is 0 Å². The van der Waals surface area contributed by atoms with Crippen molar-refractivity contribution in [2.75, 3.05) is 49.3 Å². The molecule has 1 aliphatic carbocycles. The van der Waals surface area contributed by atoms with E-state index < -0.39 is 0 Å². The lowest BCUT2D eigenvalue weighted by Crippen LogP contribution is -2.40. The van der Waals surface area contributed by atoms with Gasteiger partial charge in [0.15, 0.2) is 0 Å². The summed E-state index contributed by atoms with van der Waals surface area (Å²) in [5.41, 5.74) is 0.625. The predicted octanol–water partition coefficient (Wildman–Crippen LogP) is 2.14. The van der Waals surface area contributed by atoms with Crippen molar-refractivity contribution in [1.82, 2.24) is 15.0 Å². The van der Waals surface area contributed by atoms with Gasteiger partial charge in [0, 0.05) is 34.2 Å². The summed E-state index contributed by atoms with van der Waals surface area (Å²) < 4.78 is 0. The second kappa shape index (κ2) is 5.66. The quantitative estimate of drug-likeness (QED) is 0.920. The highest BCUT2D eigenvalue weighted by molar-refractivity contribution is 5.44. The van der Waals surface area contributed by atoms with Crippen molar-refractivity contribution >= 4 is 17.8 Å². The van der Waals surface area contributed by atoms with Crippen LogP contribution < -0.4 is 15.1 Å². The lowest BCUT2D eigenvalue weighted by Gasteiger charge is -2.39. The van der Waals surface area contributed by atoms with Gasteiger partial charge in [0.05, 0.1) is 0 Å². The number of anilines is 3. The lowest BCUT2D eigenvalue weighted by molar-refractivity contribution is 0.225. The second-order valence-corrected chi connectivity index (χ2v) is 6.60. The summed E-state index contributed by atoms with van der Waals surface area (Å²) in [7, 11) is 5.77. The Kier molecular flexibility index (Phi) is 3.87. The molecule has 2 heterocycles. The number of hydrogen-bond acceptors (Lipinski definition) is 6. The number of nitrogens with zero attached hydrogens (tertiary/aromatic N) is 5. The van der Waals surface area contributed by atoms with Gasteiger partial charge in [-0.05, 0) is 31.1 Å². The minimum atomic E-state index is 0.625. The molecule has 6 nitrogen and oxygen atoms in total. The minimum Gasteiger partial charge on any atom is -0.357 e. The Bertz CT molecular complexity index is 485. The first-order chi connectivity index (χ1) is 10.1. The fourth-order valence-electron chi connectivity index (χ4n) is 3.61. The third-order valence-corrected chi connectivity index (χ3v) is 5.01. The molecule has 0 aromatic carbocycles. The molecule has 0 amide bonds. The zero-order chi connectivity index (χ0) is 14.9. The van der Waals surface area contributed by atoms with Gasteiger partial charge in [-0.3, -0.25) is 0 Å². The number of nitrogens with one attached hydrogen (secondary N) is 1. The fourth-order valence-corrected chi connectivity index (χ4v) is 3.61. The molecular formula is C15H26N6. The zero-order valence-corrected chi connectivity index (χ0v) is 13.4. The third-order valence-electron chi connectivity index (χ3n) is 5.01. The Balaban J connectivity index is 1.76. The van der Waals surface area contributed by atoms with Gasteiger partial charge in [0.1, 0.15) is 0 Å². The molecule has 0 unspecified atom stereocenters. The maximum absolute atomic E-state index is 4.61. The SMILES string of the molecule is CNc1nc(N(C)C)nc(N2CCC3(CCCC3)CC2)n1. The molecule has 3 rings (SSSR count). The summed E-state index contributed by atoms with van der Waals surface area (Å²) in [6.07, 6.45) is 8.24. The molecule has 2 fully saturated rings. The van der Waals surface area contributed by atoms with E-state index in [4.69, 9.17) is 0 Å². The van der Waals surface area contributed by atoms with E-state index in [-0.39, 0.29) is 0 Å². The summed E-state index contributed by atoms with van der Waals surface area (Å²) in [5.74, 6) is 2.17.